The lowest BCUT2D eigenvalue weighted by atomic mass is 10.0. The first-order valence-electron chi connectivity index (χ1n) is 10.4. The molecule has 5 nitrogen and oxygen atoms in total. The zero-order valence-corrected chi connectivity index (χ0v) is 18.5. The van der Waals surface area contributed by atoms with Gasteiger partial charge in [-0.05, 0) is 49.2 Å². The van der Waals surface area contributed by atoms with Crippen LogP contribution in [0.4, 0.5) is 26.3 Å². The summed E-state index contributed by atoms with van der Waals surface area (Å²) in [4.78, 5) is 13.9. The fourth-order valence-corrected chi connectivity index (χ4v) is 4.06. The van der Waals surface area contributed by atoms with Crippen molar-refractivity contribution in [1.29, 1.82) is 0 Å². The second-order valence-corrected chi connectivity index (χ2v) is 8.23. The molecule has 2 N–H and O–H groups in total. The van der Waals surface area contributed by atoms with Crippen molar-refractivity contribution < 1.29 is 36.2 Å². The highest BCUT2D eigenvalue weighted by molar-refractivity contribution is 5.86. The minimum atomic E-state index is -4.71. The zero-order valence-electron chi connectivity index (χ0n) is 18.5. The number of hydrogen-bond acceptors (Lipinski definition) is 2. The van der Waals surface area contributed by atoms with Crippen LogP contribution in [-0.2, 0) is 30.1 Å². The summed E-state index contributed by atoms with van der Waals surface area (Å²) >= 11 is 0. The molecule has 0 atom stereocenters. The highest BCUT2D eigenvalue weighted by Gasteiger charge is 2.34. The van der Waals surface area contributed by atoms with Gasteiger partial charge in [-0.2, -0.15) is 31.4 Å². The van der Waals surface area contributed by atoms with E-state index in [1.807, 2.05) is 0 Å². The standard InChI is InChI=1S/C24H19F6N3O2/c1-12-18(10-22(34)35)13(2)33(32-12)11-16-4-3-14(7-19(16)24(28,29)30)20-8-15-5-6-17(23(25,26)27)9-21(15)31-20/h3-9,31H,10-11H2,1-2H3,(H,34,35). The predicted molar refractivity (Wildman–Crippen MR) is 116 cm³/mol. The van der Waals surface area contributed by atoms with Gasteiger partial charge in [-0.3, -0.25) is 9.48 Å². The molecular formula is C24H19F6N3O2. The molecule has 11 heteroatoms. The van der Waals surface area contributed by atoms with Crippen molar-refractivity contribution in [2.45, 2.75) is 39.2 Å². The van der Waals surface area contributed by atoms with Crippen LogP contribution in [-0.4, -0.2) is 25.8 Å². The van der Waals surface area contributed by atoms with Crippen LogP contribution in [0.2, 0.25) is 0 Å². The number of H-pyrrole nitrogens is 1. The average Bonchev–Trinajstić information content (AvgIpc) is 3.28. The Morgan fingerprint density at radius 1 is 1.00 bits per heavy atom. The first-order valence-corrected chi connectivity index (χ1v) is 10.4. The van der Waals surface area contributed by atoms with E-state index in [0.29, 0.717) is 22.3 Å². The van der Waals surface area contributed by atoms with Gasteiger partial charge in [-0.1, -0.05) is 18.2 Å². The van der Waals surface area contributed by atoms with E-state index >= 15 is 0 Å². The highest BCUT2D eigenvalue weighted by Crippen LogP contribution is 2.37. The Bertz CT molecular complexity index is 1430. The van der Waals surface area contributed by atoms with Gasteiger partial charge < -0.3 is 10.1 Å². The van der Waals surface area contributed by atoms with Crippen LogP contribution in [0.1, 0.15) is 33.6 Å². The Labute approximate surface area is 195 Å². The van der Waals surface area contributed by atoms with Crippen molar-refractivity contribution in [2.75, 3.05) is 0 Å². The number of halogens is 6. The topological polar surface area (TPSA) is 70.9 Å². The summed E-state index contributed by atoms with van der Waals surface area (Å²) in [7, 11) is 0. The molecule has 0 amide bonds. The number of carbonyl (C=O) groups is 1. The third-order valence-electron chi connectivity index (χ3n) is 5.86. The van der Waals surface area contributed by atoms with E-state index in [1.165, 1.54) is 28.9 Å². The number of aromatic nitrogens is 3. The van der Waals surface area contributed by atoms with Crippen LogP contribution >= 0.6 is 0 Å². The molecule has 0 radical (unpaired) electrons. The van der Waals surface area contributed by atoms with Gasteiger partial charge in [0.2, 0.25) is 0 Å². The average molecular weight is 495 g/mol. The third kappa shape index (κ3) is 4.89. The maximum absolute atomic E-state index is 13.9. The van der Waals surface area contributed by atoms with Gasteiger partial charge in [0.15, 0.2) is 0 Å². The number of hydrogen-bond donors (Lipinski definition) is 2. The monoisotopic (exact) mass is 495 g/mol. The maximum atomic E-state index is 13.9. The molecule has 2 heterocycles. The number of nitrogens with one attached hydrogen (secondary N) is 1. The molecule has 2 aromatic carbocycles. The molecule has 0 saturated heterocycles. The molecule has 4 aromatic rings. The summed E-state index contributed by atoms with van der Waals surface area (Å²) in [6.45, 7) is 2.96. The van der Waals surface area contributed by atoms with E-state index in [2.05, 4.69) is 10.1 Å². The predicted octanol–water partition coefficient (Wildman–Crippen LogP) is 6.36. The number of rotatable bonds is 5. The summed E-state index contributed by atoms with van der Waals surface area (Å²) in [5.41, 5.74) is 0.0136. The SMILES string of the molecule is Cc1nn(Cc2ccc(-c3cc4ccc(C(F)(F)F)cc4[nH]3)cc2C(F)(F)F)c(C)c1CC(=O)O. The van der Waals surface area contributed by atoms with Crippen LogP contribution in [0.5, 0.6) is 0 Å². The van der Waals surface area contributed by atoms with Crippen LogP contribution in [0.25, 0.3) is 22.2 Å². The normalized spacial score (nSPS) is 12.5. The summed E-state index contributed by atoms with van der Waals surface area (Å²) < 4.78 is 82.2. The largest absolute Gasteiger partial charge is 0.481 e. The molecule has 0 unspecified atom stereocenters. The lowest BCUT2D eigenvalue weighted by Gasteiger charge is -2.15. The van der Waals surface area contributed by atoms with E-state index in [-0.39, 0.29) is 35.3 Å². The summed E-state index contributed by atoms with van der Waals surface area (Å²) in [5.74, 6) is -1.07. The molecule has 4 rings (SSSR count). The molecule has 0 saturated carbocycles. The van der Waals surface area contributed by atoms with Crippen LogP contribution < -0.4 is 0 Å². The number of aliphatic carboxylic acids is 1. The van der Waals surface area contributed by atoms with Gasteiger partial charge in [0.1, 0.15) is 0 Å². The second kappa shape index (κ2) is 8.47. The van der Waals surface area contributed by atoms with E-state index in [1.54, 1.807) is 13.8 Å². The number of aromatic amines is 1. The van der Waals surface area contributed by atoms with E-state index in [0.717, 1.165) is 18.2 Å². The fraction of sp³-hybridized carbons (Fsp3) is 0.250. The minimum absolute atomic E-state index is 0.0795. The minimum Gasteiger partial charge on any atom is -0.481 e. The van der Waals surface area contributed by atoms with Crippen molar-refractivity contribution in [3.63, 3.8) is 0 Å². The Balaban J connectivity index is 1.74. The van der Waals surface area contributed by atoms with E-state index in [4.69, 9.17) is 5.11 Å². The number of aryl methyl sites for hydroxylation is 1. The summed E-state index contributed by atoms with van der Waals surface area (Å²) in [6, 6.07) is 8.25. The van der Waals surface area contributed by atoms with Gasteiger partial charge in [-0.15, -0.1) is 0 Å². The first-order chi connectivity index (χ1) is 16.2. The van der Waals surface area contributed by atoms with Gasteiger partial charge in [-0.25, -0.2) is 0 Å². The summed E-state index contributed by atoms with van der Waals surface area (Å²) in [6.07, 6.45) is -9.54. The van der Waals surface area contributed by atoms with Gasteiger partial charge in [0.25, 0.3) is 0 Å². The summed E-state index contributed by atoms with van der Waals surface area (Å²) in [5, 5.41) is 13.7. The molecule has 0 aliphatic heterocycles. The molecule has 0 spiro atoms. The second-order valence-electron chi connectivity index (χ2n) is 8.23. The zero-order chi connectivity index (χ0) is 25.7. The van der Waals surface area contributed by atoms with Crippen molar-refractivity contribution in [2.24, 2.45) is 0 Å². The number of carboxylic acid groups (broad SMARTS) is 1. The molecule has 35 heavy (non-hydrogen) atoms. The number of carboxylic acids is 1. The quantitative estimate of drug-likeness (QED) is 0.317. The first kappa shape index (κ1) is 24.4. The number of nitrogens with zero attached hydrogens (tertiary/aromatic N) is 2. The Kier molecular flexibility index (Phi) is 5.90. The van der Waals surface area contributed by atoms with Crippen molar-refractivity contribution >= 4 is 16.9 Å². The maximum Gasteiger partial charge on any atom is 0.416 e. The lowest BCUT2D eigenvalue weighted by molar-refractivity contribution is -0.138. The Morgan fingerprint density at radius 2 is 1.71 bits per heavy atom. The van der Waals surface area contributed by atoms with E-state index in [9.17, 15) is 31.1 Å². The lowest BCUT2D eigenvalue weighted by Crippen LogP contribution is -2.13. The van der Waals surface area contributed by atoms with Crippen LogP contribution in [0.3, 0.4) is 0 Å². The number of fused-ring (bicyclic) bond motifs is 1. The van der Waals surface area contributed by atoms with Gasteiger partial charge in [0.05, 0.1) is 29.8 Å². The van der Waals surface area contributed by atoms with Crippen molar-refractivity contribution in [3.05, 3.63) is 76.1 Å². The molecule has 184 valence electrons. The number of benzene rings is 2. The molecule has 0 aliphatic rings. The Morgan fingerprint density at radius 3 is 2.34 bits per heavy atom. The van der Waals surface area contributed by atoms with E-state index < -0.39 is 29.4 Å². The van der Waals surface area contributed by atoms with Crippen LogP contribution in [0, 0.1) is 13.8 Å². The molecule has 0 bridgehead atoms. The molecule has 2 aromatic heterocycles. The number of alkyl halides is 6. The third-order valence-corrected chi connectivity index (χ3v) is 5.86. The highest BCUT2D eigenvalue weighted by atomic mass is 19.4. The fourth-order valence-electron chi connectivity index (χ4n) is 4.06. The van der Waals surface area contributed by atoms with Crippen molar-refractivity contribution in [3.8, 4) is 11.3 Å². The van der Waals surface area contributed by atoms with Crippen LogP contribution in [0.15, 0.2) is 42.5 Å². The van der Waals surface area contributed by atoms with Gasteiger partial charge in [0, 0.05) is 27.9 Å². The van der Waals surface area contributed by atoms with Gasteiger partial charge >= 0.3 is 18.3 Å². The Hall–Kier alpha value is -3.76. The molecular weight excluding hydrogens is 476 g/mol. The smallest absolute Gasteiger partial charge is 0.416 e. The van der Waals surface area contributed by atoms with Crippen molar-refractivity contribution in [1.82, 2.24) is 14.8 Å². The molecule has 0 aliphatic carbocycles. The molecule has 0 fully saturated rings.